The lowest BCUT2D eigenvalue weighted by atomic mass is 10.1. The molecule has 0 saturated carbocycles. The molecule has 0 N–H and O–H groups in total. The summed E-state index contributed by atoms with van der Waals surface area (Å²) >= 11 is 6.06. The molecule has 0 saturated heterocycles. The van der Waals surface area contributed by atoms with Crippen LogP contribution in [0.1, 0.15) is 0 Å². The number of fused-ring (bicyclic) bond motifs is 1. The molecule has 1 aromatic carbocycles. The highest BCUT2D eigenvalue weighted by Gasteiger charge is 2.06. The Morgan fingerprint density at radius 3 is 2.88 bits per heavy atom. The van der Waals surface area contributed by atoms with E-state index in [1.54, 1.807) is 30.5 Å². The van der Waals surface area contributed by atoms with Crippen LogP contribution in [0, 0.1) is 5.82 Å². The van der Waals surface area contributed by atoms with E-state index in [0.717, 1.165) is 0 Å². The van der Waals surface area contributed by atoms with Gasteiger partial charge in [0.05, 0.1) is 11.9 Å². The minimum atomic E-state index is -0.297. The molecular weight excluding hydrogens is 241 g/mol. The molecule has 2 heterocycles. The van der Waals surface area contributed by atoms with Crippen molar-refractivity contribution in [2.45, 2.75) is 0 Å². The monoisotopic (exact) mass is 247 g/mol. The summed E-state index contributed by atoms with van der Waals surface area (Å²) < 4.78 is 14.6. The zero-order valence-corrected chi connectivity index (χ0v) is 9.39. The van der Waals surface area contributed by atoms with Gasteiger partial charge in [0.15, 0.2) is 5.65 Å². The predicted molar refractivity (Wildman–Crippen MR) is 63.4 cm³/mol. The highest BCUT2D eigenvalue weighted by Crippen LogP contribution is 2.22. The second kappa shape index (κ2) is 3.82. The van der Waals surface area contributed by atoms with E-state index in [9.17, 15) is 4.39 Å². The van der Waals surface area contributed by atoms with E-state index in [4.69, 9.17) is 11.6 Å². The summed E-state index contributed by atoms with van der Waals surface area (Å²) in [7, 11) is 0. The zero-order valence-electron chi connectivity index (χ0n) is 8.64. The van der Waals surface area contributed by atoms with Crippen LogP contribution in [-0.4, -0.2) is 14.6 Å². The first-order valence-corrected chi connectivity index (χ1v) is 5.38. The van der Waals surface area contributed by atoms with Crippen LogP contribution in [0.15, 0.2) is 42.6 Å². The maximum absolute atomic E-state index is 13.1. The van der Waals surface area contributed by atoms with Crippen molar-refractivity contribution in [2.75, 3.05) is 0 Å². The summed E-state index contributed by atoms with van der Waals surface area (Å²) in [6.07, 6.45) is 1.61. The second-order valence-electron chi connectivity index (χ2n) is 3.58. The van der Waals surface area contributed by atoms with E-state index >= 15 is 0 Å². The molecule has 0 unspecified atom stereocenters. The number of hydrogen-bond acceptors (Lipinski definition) is 2. The summed E-state index contributed by atoms with van der Waals surface area (Å²) in [6, 6.07) is 9.65. The maximum atomic E-state index is 13.1. The molecule has 2 aromatic heterocycles. The van der Waals surface area contributed by atoms with Crippen molar-refractivity contribution in [3.63, 3.8) is 0 Å². The molecule has 0 amide bonds. The van der Waals surface area contributed by atoms with Crippen LogP contribution in [0.25, 0.3) is 16.9 Å². The van der Waals surface area contributed by atoms with E-state index in [0.29, 0.717) is 22.1 Å². The molecule has 0 bridgehead atoms. The van der Waals surface area contributed by atoms with E-state index in [2.05, 4.69) is 10.1 Å². The fourth-order valence-corrected chi connectivity index (χ4v) is 1.90. The Morgan fingerprint density at radius 2 is 2.06 bits per heavy atom. The normalized spacial score (nSPS) is 10.9. The molecule has 3 nitrogen and oxygen atoms in total. The standard InChI is InChI=1S/C12H7ClFN3/c13-11-7-10(8-2-1-3-9(14)6-8)16-12-4-5-15-17(11)12/h1-7H. The van der Waals surface area contributed by atoms with Gasteiger partial charge in [-0.2, -0.15) is 5.10 Å². The second-order valence-corrected chi connectivity index (χ2v) is 3.96. The van der Waals surface area contributed by atoms with Gasteiger partial charge in [-0.05, 0) is 12.1 Å². The van der Waals surface area contributed by atoms with Crippen molar-refractivity contribution in [1.29, 1.82) is 0 Å². The summed E-state index contributed by atoms with van der Waals surface area (Å²) in [5, 5.41) is 4.46. The van der Waals surface area contributed by atoms with Gasteiger partial charge in [-0.1, -0.05) is 23.7 Å². The van der Waals surface area contributed by atoms with Crippen molar-refractivity contribution in [3.8, 4) is 11.3 Å². The van der Waals surface area contributed by atoms with Crippen molar-refractivity contribution >= 4 is 17.2 Å². The van der Waals surface area contributed by atoms with Gasteiger partial charge in [-0.3, -0.25) is 0 Å². The molecule has 0 aliphatic carbocycles. The third-order valence-corrected chi connectivity index (χ3v) is 2.71. The largest absolute Gasteiger partial charge is 0.228 e. The van der Waals surface area contributed by atoms with Crippen LogP contribution in [-0.2, 0) is 0 Å². The van der Waals surface area contributed by atoms with Crippen molar-refractivity contribution < 1.29 is 4.39 Å². The molecule has 0 atom stereocenters. The van der Waals surface area contributed by atoms with E-state index in [1.807, 2.05) is 0 Å². The number of nitrogens with zero attached hydrogens (tertiary/aromatic N) is 3. The summed E-state index contributed by atoms with van der Waals surface area (Å²) in [4.78, 5) is 4.36. The first-order valence-electron chi connectivity index (χ1n) is 5.00. The molecule has 3 aromatic rings. The first-order chi connectivity index (χ1) is 8.24. The molecule has 0 spiro atoms. The minimum Gasteiger partial charge on any atom is -0.228 e. The zero-order chi connectivity index (χ0) is 11.8. The molecule has 3 rings (SSSR count). The molecule has 5 heteroatoms. The lowest BCUT2D eigenvalue weighted by molar-refractivity contribution is 0.628. The lowest BCUT2D eigenvalue weighted by Gasteiger charge is -2.03. The predicted octanol–water partition coefficient (Wildman–Crippen LogP) is 3.19. The smallest absolute Gasteiger partial charge is 0.157 e. The highest BCUT2D eigenvalue weighted by molar-refractivity contribution is 6.30. The van der Waals surface area contributed by atoms with Crippen LogP contribution < -0.4 is 0 Å². The first kappa shape index (κ1) is 10.2. The third kappa shape index (κ3) is 1.76. The van der Waals surface area contributed by atoms with Gasteiger partial charge in [0.1, 0.15) is 11.0 Å². The lowest BCUT2D eigenvalue weighted by Crippen LogP contribution is -1.94. The van der Waals surface area contributed by atoms with Gasteiger partial charge >= 0.3 is 0 Å². The fraction of sp³-hybridized carbons (Fsp3) is 0. The van der Waals surface area contributed by atoms with Crippen LogP contribution in [0.3, 0.4) is 0 Å². The number of benzene rings is 1. The van der Waals surface area contributed by atoms with Crippen molar-refractivity contribution in [2.24, 2.45) is 0 Å². The van der Waals surface area contributed by atoms with Crippen LogP contribution in [0.5, 0.6) is 0 Å². The average Bonchev–Trinajstić information content (AvgIpc) is 2.77. The Morgan fingerprint density at radius 1 is 1.18 bits per heavy atom. The summed E-state index contributed by atoms with van der Waals surface area (Å²) in [5.74, 6) is -0.297. The Bertz CT molecular complexity index is 693. The maximum Gasteiger partial charge on any atom is 0.157 e. The number of hydrogen-bond donors (Lipinski definition) is 0. The number of rotatable bonds is 1. The van der Waals surface area contributed by atoms with Crippen LogP contribution in [0.2, 0.25) is 5.15 Å². The number of aromatic nitrogens is 3. The fourth-order valence-electron chi connectivity index (χ4n) is 1.67. The van der Waals surface area contributed by atoms with Gasteiger partial charge < -0.3 is 0 Å². The summed E-state index contributed by atoms with van der Waals surface area (Å²) in [5.41, 5.74) is 1.95. The van der Waals surface area contributed by atoms with Gasteiger partial charge in [-0.15, -0.1) is 0 Å². The minimum absolute atomic E-state index is 0.297. The highest BCUT2D eigenvalue weighted by atomic mass is 35.5. The average molecular weight is 248 g/mol. The van der Waals surface area contributed by atoms with Gasteiger partial charge in [0, 0.05) is 17.7 Å². The molecule has 84 valence electrons. The SMILES string of the molecule is Fc1cccc(-c2cc(Cl)n3nccc3n2)c1. The van der Waals surface area contributed by atoms with Crippen molar-refractivity contribution in [3.05, 3.63) is 53.6 Å². The molecule has 0 fully saturated rings. The van der Waals surface area contributed by atoms with Crippen LogP contribution in [0.4, 0.5) is 4.39 Å². The van der Waals surface area contributed by atoms with Crippen LogP contribution >= 0.6 is 11.6 Å². The summed E-state index contributed by atoms with van der Waals surface area (Å²) in [6.45, 7) is 0. The Kier molecular flexibility index (Phi) is 2.30. The molecular formula is C12H7ClFN3. The van der Waals surface area contributed by atoms with Gasteiger partial charge in [0.25, 0.3) is 0 Å². The van der Waals surface area contributed by atoms with E-state index in [1.165, 1.54) is 16.6 Å². The number of halogens is 2. The molecule has 17 heavy (non-hydrogen) atoms. The molecule has 0 radical (unpaired) electrons. The van der Waals surface area contributed by atoms with E-state index in [-0.39, 0.29) is 5.82 Å². The molecule has 0 aliphatic heterocycles. The van der Waals surface area contributed by atoms with Gasteiger partial charge in [0.2, 0.25) is 0 Å². The quantitative estimate of drug-likeness (QED) is 0.618. The Labute approximate surface area is 101 Å². The third-order valence-electron chi connectivity index (χ3n) is 2.44. The molecule has 0 aliphatic rings. The Hall–Kier alpha value is -1.94. The van der Waals surface area contributed by atoms with Crippen molar-refractivity contribution in [1.82, 2.24) is 14.6 Å². The topological polar surface area (TPSA) is 30.2 Å². The van der Waals surface area contributed by atoms with E-state index < -0.39 is 0 Å². The van der Waals surface area contributed by atoms with Gasteiger partial charge in [-0.25, -0.2) is 13.9 Å². The Balaban J connectivity index is 2.23.